The number of non-ortho nitro benzene ring substituents is 1. The number of hydrogen-bond donors (Lipinski definition) is 2. The van der Waals surface area contributed by atoms with Crippen molar-refractivity contribution in [1.29, 1.82) is 0 Å². The van der Waals surface area contributed by atoms with Gasteiger partial charge in [0.15, 0.2) is 0 Å². The van der Waals surface area contributed by atoms with Crippen LogP contribution in [0.4, 0.5) is 5.69 Å². The maximum atomic E-state index is 10.6. The second-order valence-corrected chi connectivity index (χ2v) is 3.22. The van der Waals surface area contributed by atoms with Crippen molar-refractivity contribution < 1.29 is 4.92 Å². The number of hydrazine groups is 1. The summed E-state index contributed by atoms with van der Waals surface area (Å²) in [6.07, 6.45) is 1.54. The predicted molar refractivity (Wildman–Crippen MR) is 61.8 cm³/mol. The lowest BCUT2D eigenvalue weighted by molar-refractivity contribution is -0.384. The molecule has 1 aromatic carbocycles. The molecular weight excluding hydrogens is 208 g/mol. The summed E-state index contributed by atoms with van der Waals surface area (Å²) >= 11 is 0. The molecule has 0 amide bonds. The molecule has 86 valence electrons. The smallest absolute Gasteiger partial charge is 0.270 e. The van der Waals surface area contributed by atoms with Crippen molar-refractivity contribution in [3.63, 3.8) is 0 Å². The lowest BCUT2D eigenvalue weighted by atomic mass is 10.1. The van der Waals surface area contributed by atoms with Gasteiger partial charge in [-0.3, -0.25) is 10.1 Å². The first-order valence-electron chi connectivity index (χ1n) is 4.78. The lowest BCUT2D eigenvalue weighted by Crippen LogP contribution is -2.25. The van der Waals surface area contributed by atoms with Crippen LogP contribution in [0.25, 0.3) is 5.70 Å². The van der Waals surface area contributed by atoms with Gasteiger partial charge in [-0.05, 0) is 6.92 Å². The molecule has 0 saturated carbocycles. The fraction of sp³-hybridized carbons (Fsp3) is 0.200. The summed E-state index contributed by atoms with van der Waals surface area (Å²) in [5.41, 5.74) is 6.74. The summed E-state index contributed by atoms with van der Waals surface area (Å²) in [7, 11) is 0. The molecule has 16 heavy (non-hydrogen) atoms. The molecule has 0 aliphatic heterocycles. The average molecular weight is 222 g/mol. The van der Waals surface area contributed by atoms with Gasteiger partial charge in [0.05, 0.1) is 10.6 Å². The van der Waals surface area contributed by atoms with Gasteiger partial charge in [-0.25, -0.2) is 5.84 Å². The number of nitrogens with zero attached hydrogens (tertiary/aromatic N) is 2. The van der Waals surface area contributed by atoms with Crippen molar-refractivity contribution >= 4 is 11.4 Å². The maximum absolute atomic E-state index is 10.6. The van der Waals surface area contributed by atoms with Crippen molar-refractivity contribution in [2.45, 2.75) is 6.92 Å². The van der Waals surface area contributed by atoms with Crippen molar-refractivity contribution in [2.24, 2.45) is 11.6 Å². The van der Waals surface area contributed by atoms with E-state index in [-0.39, 0.29) is 5.69 Å². The second kappa shape index (κ2) is 5.13. The molecule has 6 nitrogen and oxygen atoms in total. The first kappa shape index (κ1) is 12.0. The van der Waals surface area contributed by atoms with Gasteiger partial charge in [-0.15, -0.1) is 0 Å². The molecule has 0 heterocycles. The van der Waals surface area contributed by atoms with E-state index in [4.69, 9.17) is 11.6 Å². The standard InChI is InChI=1S/C10H14N4O2/c1-2-13(12)7-10(11)8-4-3-5-9(6-8)14(15)16/h3-7H,2,11-12H2,1H3/b10-7-. The highest BCUT2D eigenvalue weighted by molar-refractivity contribution is 5.64. The van der Waals surface area contributed by atoms with E-state index in [1.54, 1.807) is 18.3 Å². The normalized spacial score (nSPS) is 11.2. The van der Waals surface area contributed by atoms with Crippen LogP contribution >= 0.6 is 0 Å². The van der Waals surface area contributed by atoms with E-state index >= 15 is 0 Å². The number of benzene rings is 1. The molecule has 0 aliphatic carbocycles. The summed E-state index contributed by atoms with van der Waals surface area (Å²) < 4.78 is 0. The third-order valence-electron chi connectivity index (χ3n) is 2.06. The first-order valence-corrected chi connectivity index (χ1v) is 4.78. The lowest BCUT2D eigenvalue weighted by Gasteiger charge is -2.11. The fourth-order valence-corrected chi connectivity index (χ4v) is 1.14. The Hall–Kier alpha value is -2.08. The van der Waals surface area contributed by atoms with Crippen LogP contribution in [0.5, 0.6) is 0 Å². The Morgan fingerprint density at radius 2 is 2.31 bits per heavy atom. The highest BCUT2D eigenvalue weighted by Gasteiger charge is 2.07. The minimum atomic E-state index is -0.461. The van der Waals surface area contributed by atoms with Crippen molar-refractivity contribution in [3.05, 3.63) is 46.1 Å². The Morgan fingerprint density at radius 1 is 1.62 bits per heavy atom. The quantitative estimate of drug-likeness (QED) is 0.450. The molecule has 0 unspecified atom stereocenters. The molecule has 1 rings (SSSR count). The number of nitrogens with two attached hydrogens (primary N) is 2. The molecule has 0 aliphatic rings. The Morgan fingerprint density at radius 3 is 2.88 bits per heavy atom. The molecule has 4 N–H and O–H groups in total. The predicted octanol–water partition coefficient (Wildman–Crippen LogP) is 1.05. The van der Waals surface area contributed by atoms with E-state index in [0.29, 0.717) is 17.8 Å². The van der Waals surface area contributed by atoms with Gasteiger partial charge in [0.2, 0.25) is 0 Å². The second-order valence-electron chi connectivity index (χ2n) is 3.22. The Labute approximate surface area is 93.3 Å². The van der Waals surface area contributed by atoms with E-state index in [1.807, 2.05) is 6.92 Å². The molecule has 0 bridgehead atoms. The van der Waals surface area contributed by atoms with Gasteiger partial charge in [0.1, 0.15) is 0 Å². The van der Waals surface area contributed by atoms with E-state index in [0.717, 1.165) is 0 Å². The van der Waals surface area contributed by atoms with Crippen LogP contribution in [0.3, 0.4) is 0 Å². The molecule has 0 fully saturated rings. The third-order valence-corrected chi connectivity index (χ3v) is 2.06. The molecule has 0 spiro atoms. The van der Waals surface area contributed by atoms with Gasteiger partial charge >= 0.3 is 0 Å². The van der Waals surface area contributed by atoms with Crippen LogP contribution in [0.2, 0.25) is 0 Å². The summed E-state index contributed by atoms with van der Waals surface area (Å²) in [6.45, 7) is 2.48. The topological polar surface area (TPSA) is 98.4 Å². The first-order chi connectivity index (χ1) is 7.54. The van der Waals surface area contributed by atoms with Crippen LogP contribution in [0.15, 0.2) is 30.5 Å². The van der Waals surface area contributed by atoms with Gasteiger partial charge in [0, 0.05) is 30.4 Å². The minimum absolute atomic E-state index is 0.00826. The van der Waals surface area contributed by atoms with Crippen LogP contribution < -0.4 is 11.6 Å². The van der Waals surface area contributed by atoms with Crippen LogP contribution in [0.1, 0.15) is 12.5 Å². The molecule has 0 atom stereocenters. The maximum Gasteiger partial charge on any atom is 0.270 e. The van der Waals surface area contributed by atoms with E-state index in [2.05, 4.69) is 0 Å². The van der Waals surface area contributed by atoms with Crippen molar-refractivity contribution in [3.8, 4) is 0 Å². The Balaban J connectivity index is 3.00. The largest absolute Gasteiger partial charge is 0.397 e. The minimum Gasteiger partial charge on any atom is -0.397 e. The Kier molecular flexibility index (Phi) is 3.84. The third kappa shape index (κ3) is 2.96. The van der Waals surface area contributed by atoms with Gasteiger partial charge < -0.3 is 10.7 Å². The molecule has 1 aromatic rings. The summed E-state index contributed by atoms with van der Waals surface area (Å²) in [5, 5.41) is 12.0. The van der Waals surface area contributed by atoms with Crippen LogP contribution in [0, 0.1) is 10.1 Å². The summed E-state index contributed by atoms with van der Waals surface area (Å²) in [6, 6.07) is 6.11. The summed E-state index contributed by atoms with van der Waals surface area (Å²) in [5.74, 6) is 5.55. The zero-order valence-electron chi connectivity index (χ0n) is 8.96. The van der Waals surface area contributed by atoms with Crippen LogP contribution in [-0.2, 0) is 0 Å². The van der Waals surface area contributed by atoms with Gasteiger partial charge in [0.25, 0.3) is 5.69 Å². The highest BCUT2D eigenvalue weighted by Crippen LogP contribution is 2.17. The fourth-order valence-electron chi connectivity index (χ4n) is 1.14. The van der Waals surface area contributed by atoms with Crippen molar-refractivity contribution in [1.82, 2.24) is 5.01 Å². The summed E-state index contributed by atoms with van der Waals surface area (Å²) in [4.78, 5) is 10.1. The van der Waals surface area contributed by atoms with E-state index < -0.39 is 4.92 Å². The van der Waals surface area contributed by atoms with Gasteiger partial charge in [-0.1, -0.05) is 12.1 Å². The average Bonchev–Trinajstić information content (AvgIpc) is 2.28. The number of nitro groups is 1. The monoisotopic (exact) mass is 222 g/mol. The Bertz CT molecular complexity index is 417. The molecule has 0 radical (unpaired) electrons. The number of hydrogen-bond acceptors (Lipinski definition) is 5. The molecule has 6 heteroatoms. The zero-order valence-corrected chi connectivity index (χ0v) is 8.96. The SMILES string of the molecule is CCN(N)/C=C(\N)c1cccc([N+](=O)[O-])c1. The molecule has 0 saturated heterocycles. The number of nitro benzene ring substituents is 1. The van der Waals surface area contributed by atoms with Crippen molar-refractivity contribution in [2.75, 3.05) is 6.54 Å². The zero-order chi connectivity index (χ0) is 12.1. The van der Waals surface area contributed by atoms with E-state index in [1.165, 1.54) is 17.1 Å². The molecular formula is C10H14N4O2. The highest BCUT2D eigenvalue weighted by atomic mass is 16.6. The number of rotatable bonds is 4. The van der Waals surface area contributed by atoms with Crippen LogP contribution in [-0.4, -0.2) is 16.5 Å². The van der Waals surface area contributed by atoms with E-state index in [9.17, 15) is 10.1 Å². The van der Waals surface area contributed by atoms with Gasteiger partial charge in [-0.2, -0.15) is 0 Å². The molecule has 0 aromatic heterocycles.